The van der Waals surface area contributed by atoms with E-state index in [4.69, 9.17) is 64.5 Å². The standard InChI is InChI=1S/C15H32O10.C7H16O2.C6H15NO3.C6H14O5.C3H8O.C2H6.8CH4/c16-1-13(2-17,3-18)9-24-11-15(7-22,8-23)12-25-10-14(4-19,5-20)6-21;1-3-5-9-7-4-6-8-2;8-4-1-7(2-5-9)3-6-10;7-1-5(9)3-11-4-6(10)2-8;1-2-3-4;1-2;;;;;;;;/h16-23H,1-12H2;3-7H2,1-2H3;8-10H,1-6H2;5-10H,1-4H2;4H,2-3H2,1H3;1-2H3;8*1H4. The van der Waals surface area contributed by atoms with E-state index in [1.807, 2.05) is 20.8 Å². The third-order valence-corrected chi connectivity index (χ3v) is 7.82. The lowest BCUT2D eigenvalue weighted by Gasteiger charge is -2.34. The van der Waals surface area contributed by atoms with Crippen LogP contribution in [0.25, 0.3) is 0 Å². The van der Waals surface area contributed by atoms with Crippen LogP contribution < -0.4 is 0 Å². The quantitative estimate of drug-likeness (QED) is 0.0367. The van der Waals surface area contributed by atoms with Gasteiger partial charge in [0.2, 0.25) is 0 Å². The third kappa shape index (κ3) is 67.1. The highest BCUT2D eigenvalue weighted by Crippen LogP contribution is 2.23. The van der Waals surface area contributed by atoms with Crippen LogP contribution in [-0.2, 0) is 23.7 Å². The van der Waals surface area contributed by atoms with Gasteiger partial charge in [0.25, 0.3) is 0 Å². The van der Waals surface area contributed by atoms with Crippen molar-refractivity contribution in [3.05, 3.63) is 0 Å². The zero-order chi connectivity index (χ0) is 48.3. The summed E-state index contributed by atoms with van der Waals surface area (Å²) in [5.41, 5.74) is -3.69. The van der Waals surface area contributed by atoms with Gasteiger partial charge >= 0.3 is 0 Å². The van der Waals surface area contributed by atoms with Gasteiger partial charge < -0.3 is 105 Å². The van der Waals surface area contributed by atoms with Crippen molar-refractivity contribution >= 4 is 0 Å². The van der Waals surface area contributed by atoms with Gasteiger partial charge in [0.1, 0.15) is 12.2 Å². The van der Waals surface area contributed by atoms with Crippen molar-refractivity contribution in [3.8, 4) is 0 Å². The molecule has 2 unspecified atom stereocenters. The summed E-state index contributed by atoms with van der Waals surface area (Å²) in [7, 11) is 1.71. The minimum Gasteiger partial charge on any atom is -0.396 e. The van der Waals surface area contributed by atoms with E-state index >= 15 is 0 Å². The molecule has 0 aromatic heterocycles. The Bertz CT molecular complexity index is 697. The maximum absolute atomic E-state index is 9.56. The highest BCUT2D eigenvalue weighted by molar-refractivity contribution is 4.82. The molecule has 0 bridgehead atoms. The average molecular weight is 1040 g/mol. The van der Waals surface area contributed by atoms with Crippen molar-refractivity contribution in [1.29, 1.82) is 0 Å². The Balaban J connectivity index is -0.0000000488. The molecular weight excluding hydrogens is 915 g/mol. The number of aliphatic hydroxyl groups is 16. The molecule has 0 aliphatic rings. The molecule has 22 heteroatoms. The number of aliphatic hydroxyl groups excluding tert-OH is 16. The molecule has 0 aromatic rings. The van der Waals surface area contributed by atoms with E-state index in [0.29, 0.717) is 26.2 Å². The zero-order valence-corrected chi connectivity index (χ0v) is 37.8. The molecule has 0 fully saturated rings. The van der Waals surface area contributed by atoms with Crippen LogP contribution >= 0.6 is 0 Å². The number of rotatable bonds is 35. The summed E-state index contributed by atoms with van der Waals surface area (Å²) in [6.45, 7) is 7.01. The van der Waals surface area contributed by atoms with Gasteiger partial charge in [-0.2, -0.15) is 0 Å². The first-order valence-corrected chi connectivity index (χ1v) is 20.7. The molecule has 0 saturated carbocycles. The maximum atomic E-state index is 9.56. The van der Waals surface area contributed by atoms with Gasteiger partial charge in [-0.1, -0.05) is 87.1 Å². The number of hydrogen-bond acceptors (Lipinski definition) is 22. The fourth-order valence-corrected chi connectivity index (χ4v) is 3.57. The molecule has 69 heavy (non-hydrogen) atoms. The normalized spacial score (nSPS) is 10.9. The maximum Gasteiger partial charge on any atom is 0.100 e. The molecule has 0 rings (SSSR count). The van der Waals surface area contributed by atoms with Crippen LogP contribution in [0.2, 0.25) is 0 Å². The lowest BCUT2D eigenvalue weighted by molar-refractivity contribution is -0.127. The number of methoxy groups -OCH3 is 1. The van der Waals surface area contributed by atoms with E-state index < -0.39 is 81.3 Å². The Morgan fingerprint density at radius 2 is 0.681 bits per heavy atom. The predicted octanol–water partition coefficient (Wildman–Crippen LogP) is -0.155. The molecule has 0 radical (unpaired) electrons. The van der Waals surface area contributed by atoms with Crippen LogP contribution in [-0.4, -0.2) is 278 Å². The first kappa shape index (κ1) is 105. The topological polar surface area (TPSA) is 373 Å². The molecule has 0 heterocycles. The van der Waals surface area contributed by atoms with Gasteiger partial charge in [0.15, 0.2) is 0 Å². The average Bonchev–Trinajstić information content (AvgIpc) is 3.30. The van der Waals surface area contributed by atoms with Gasteiger partial charge in [-0.25, -0.2) is 0 Å². The largest absolute Gasteiger partial charge is 0.396 e. The van der Waals surface area contributed by atoms with Crippen molar-refractivity contribution in [1.82, 2.24) is 4.90 Å². The first-order valence-electron chi connectivity index (χ1n) is 20.7. The predicted molar refractivity (Wildman–Crippen MR) is 281 cm³/mol. The summed E-state index contributed by atoms with van der Waals surface area (Å²) in [6.07, 6.45) is 1.16. The summed E-state index contributed by atoms with van der Waals surface area (Å²) >= 11 is 0. The first-order chi connectivity index (χ1) is 29.3. The summed E-state index contributed by atoms with van der Waals surface area (Å²) in [5.74, 6) is 0. The molecular formula is C47H123NO21. The van der Waals surface area contributed by atoms with Crippen LogP contribution in [0.3, 0.4) is 0 Å². The van der Waals surface area contributed by atoms with E-state index in [-0.39, 0.29) is 132 Å². The van der Waals surface area contributed by atoms with E-state index in [1.54, 1.807) is 12.0 Å². The summed E-state index contributed by atoms with van der Waals surface area (Å²) in [6, 6.07) is 0. The summed E-state index contributed by atoms with van der Waals surface area (Å²) in [5, 5.41) is 142. The van der Waals surface area contributed by atoms with Crippen molar-refractivity contribution < 1.29 is 105 Å². The van der Waals surface area contributed by atoms with Crippen LogP contribution in [0.4, 0.5) is 0 Å². The van der Waals surface area contributed by atoms with Crippen LogP contribution in [0.5, 0.6) is 0 Å². The Hall–Kier alpha value is -0.880. The van der Waals surface area contributed by atoms with Gasteiger partial charge in [-0.05, 0) is 19.3 Å². The SMILES string of the molecule is C.C.C.C.C.C.C.C.CC.CCCO.CCCOCCCOC.OCC(CO)(CO)COCC(CO)(CO)COCC(CO)(CO)CO.OCC(O)COCC(O)CO.OCCN(CCO)CCO. The van der Waals surface area contributed by atoms with E-state index in [0.717, 1.165) is 39.1 Å². The Kier molecular flexibility index (Phi) is 123. The van der Waals surface area contributed by atoms with Gasteiger partial charge in [0.05, 0.1) is 142 Å². The minimum atomic E-state index is -1.24. The fraction of sp³-hybridized carbons (Fsp3) is 1.00. The molecule has 2 atom stereocenters. The summed E-state index contributed by atoms with van der Waals surface area (Å²) in [4.78, 5) is 1.79. The second-order valence-electron chi connectivity index (χ2n) is 13.7. The number of ether oxygens (including phenoxy) is 5. The van der Waals surface area contributed by atoms with E-state index in [2.05, 4.69) is 6.92 Å². The lowest BCUT2D eigenvalue weighted by atomic mass is 9.90. The Morgan fingerprint density at radius 3 is 0.899 bits per heavy atom. The van der Waals surface area contributed by atoms with Crippen LogP contribution in [0, 0.1) is 16.2 Å². The molecule has 16 N–H and O–H groups in total. The highest BCUT2D eigenvalue weighted by Gasteiger charge is 2.35. The van der Waals surface area contributed by atoms with Gasteiger partial charge in [-0.15, -0.1) is 0 Å². The third-order valence-electron chi connectivity index (χ3n) is 7.82. The number of nitrogens with zero attached hydrogens (tertiary/aromatic N) is 1. The van der Waals surface area contributed by atoms with Crippen molar-refractivity contribution in [2.24, 2.45) is 16.2 Å². The molecule has 0 amide bonds. The molecule has 0 aliphatic heterocycles. The van der Waals surface area contributed by atoms with Crippen molar-refractivity contribution in [3.63, 3.8) is 0 Å². The minimum absolute atomic E-state index is 0. The molecule has 0 aliphatic carbocycles. The Labute approximate surface area is 423 Å². The van der Waals surface area contributed by atoms with Crippen LogP contribution in [0.1, 0.15) is 106 Å². The molecule has 0 saturated heterocycles. The molecule has 22 nitrogen and oxygen atoms in total. The number of hydrogen-bond donors (Lipinski definition) is 16. The van der Waals surface area contributed by atoms with Crippen LogP contribution in [0.15, 0.2) is 0 Å². The molecule has 442 valence electrons. The van der Waals surface area contributed by atoms with Gasteiger partial charge in [-0.3, -0.25) is 4.90 Å². The monoisotopic (exact) mass is 1040 g/mol. The lowest BCUT2D eigenvalue weighted by Crippen LogP contribution is -2.45. The highest BCUT2D eigenvalue weighted by atomic mass is 16.5. The fourth-order valence-electron chi connectivity index (χ4n) is 3.57. The van der Waals surface area contributed by atoms with Crippen molar-refractivity contribution in [2.75, 3.05) is 179 Å². The smallest absolute Gasteiger partial charge is 0.100 e. The van der Waals surface area contributed by atoms with E-state index in [1.165, 1.54) is 0 Å². The second kappa shape index (κ2) is 81.2. The van der Waals surface area contributed by atoms with Gasteiger partial charge in [0, 0.05) is 53.2 Å². The summed E-state index contributed by atoms with van der Waals surface area (Å²) < 4.78 is 25.5. The molecule has 0 spiro atoms. The molecule has 0 aromatic carbocycles. The van der Waals surface area contributed by atoms with Crippen molar-refractivity contribution in [2.45, 2.75) is 119 Å². The van der Waals surface area contributed by atoms with E-state index in [9.17, 15) is 40.9 Å². The second-order valence-corrected chi connectivity index (χ2v) is 13.7. The zero-order valence-electron chi connectivity index (χ0n) is 37.8. The Morgan fingerprint density at radius 1 is 0.391 bits per heavy atom.